The molecule has 0 unspecified atom stereocenters. The number of rotatable bonds is 20. The van der Waals surface area contributed by atoms with Crippen LogP contribution in [0.1, 0.15) is 114 Å². The molecular formula is C33H46O6. The van der Waals surface area contributed by atoms with Crippen molar-refractivity contribution in [3.05, 3.63) is 54.1 Å². The molecule has 2 atom stereocenters. The van der Waals surface area contributed by atoms with Crippen molar-refractivity contribution in [1.29, 1.82) is 0 Å². The first-order valence-electron chi connectivity index (χ1n) is 15.0. The normalized spacial score (nSPS) is 16.1. The molecule has 1 saturated heterocycles. The van der Waals surface area contributed by atoms with E-state index in [0.717, 1.165) is 25.0 Å². The van der Waals surface area contributed by atoms with Crippen molar-refractivity contribution < 1.29 is 28.5 Å². The van der Waals surface area contributed by atoms with Crippen molar-refractivity contribution in [3.8, 4) is 17.2 Å². The molecule has 2 aromatic carbocycles. The molecule has 0 bridgehead atoms. The van der Waals surface area contributed by atoms with Crippen molar-refractivity contribution in [1.82, 2.24) is 0 Å². The Morgan fingerprint density at radius 3 is 1.77 bits per heavy atom. The highest BCUT2D eigenvalue weighted by molar-refractivity contribution is 5.91. The summed E-state index contributed by atoms with van der Waals surface area (Å²) in [6.07, 6.45) is 16.4. The Hall–Kier alpha value is -2.86. The standard InChI is InChI=1S/C33H46O6/c1-3-5-7-9-11-12-14-16-30-31(39-30)33(35)38-29-23-21-28(22-24-29)37-32(34)26-17-19-27(20-18-26)36-25-15-13-10-8-6-4-2/h17-24,30-31H,3-16,25H2,1-2H3/t30-,31+/m0/s1. The summed E-state index contributed by atoms with van der Waals surface area (Å²) in [6, 6.07) is 13.4. The lowest BCUT2D eigenvalue weighted by molar-refractivity contribution is -0.135. The minimum absolute atomic E-state index is 0.0271. The third-order valence-corrected chi connectivity index (χ3v) is 7.02. The summed E-state index contributed by atoms with van der Waals surface area (Å²) >= 11 is 0. The fraction of sp³-hybridized carbons (Fsp3) is 0.576. The van der Waals surface area contributed by atoms with Crippen molar-refractivity contribution in [2.24, 2.45) is 0 Å². The van der Waals surface area contributed by atoms with Gasteiger partial charge in [0.15, 0.2) is 6.10 Å². The molecule has 0 spiro atoms. The lowest BCUT2D eigenvalue weighted by Crippen LogP contribution is -2.17. The van der Waals surface area contributed by atoms with Crippen molar-refractivity contribution >= 4 is 11.9 Å². The number of carbonyl (C=O) groups is 2. The van der Waals surface area contributed by atoms with Gasteiger partial charge in [0.1, 0.15) is 17.2 Å². The first-order chi connectivity index (χ1) is 19.1. The number of hydrogen-bond acceptors (Lipinski definition) is 6. The smallest absolute Gasteiger partial charge is 0.343 e. The van der Waals surface area contributed by atoms with Crippen LogP contribution < -0.4 is 14.2 Å². The van der Waals surface area contributed by atoms with Gasteiger partial charge in [0, 0.05) is 0 Å². The third-order valence-electron chi connectivity index (χ3n) is 7.02. The minimum atomic E-state index is -0.472. The van der Waals surface area contributed by atoms with E-state index >= 15 is 0 Å². The van der Waals surface area contributed by atoms with Crippen LogP contribution in [0.5, 0.6) is 17.2 Å². The molecule has 0 aromatic heterocycles. The van der Waals surface area contributed by atoms with Gasteiger partial charge in [0.05, 0.1) is 18.3 Å². The molecule has 0 saturated carbocycles. The van der Waals surface area contributed by atoms with Gasteiger partial charge < -0.3 is 18.9 Å². The van der Waals surface area contributed by atoms with Crippen LogP contribution in [0.15, 0.2) is 48.5 Å². The maximum absolute atomic E-state index is 12.5. The Morgan fingerprint density at radius 2 is 1.15 bits per heavy atom. The Morgan fingerprint density at radius 1 is 0.641 bits per heavy atom. The maximum Gasteiger partial charge on any atom is 0.343 e. The van der Waals surface area contributed by atoms with Crippen LogP contribution in [0.2, 0.25) is 0 Å². The van der Waals surface area contributed by atoms with Gasteiger partial charge in [-0.25, -0.2) is 9.59 Å². The summed E-state index contributed by atoms with van der Waals surface area (Å²) in [7, 11) is 0. The van der Waals surface area contributed by atoms with Gasteiger partial charge in [0.2, 0.25) is 0 Å². The van der Waals surface area contributed by atoms with Crippen molar-refractivity contribution in [3.63, 3.8) is 0 Å². The summed E-state index contributed by atoms with van der Waals surface area (Å²) in [5.41, 5.74) is 0.440. The van der Waals surface area contributed by atoms with Gasteiger partial charge in [-0.1, -0.05) is 90.9 Å². The van der Waals surface area contributed by atoms with E-state index in [1.807, 2.05) is 0 Å². The molecule has 39 heavy (non-hydrogen) atoms. The van der Waals surface area contributed by atoms with Crippen LogP contribution in [-0.2, 0) is 9.53 Å². The van der Waals surface area contributed by atoms with Crippen molar-refractivity contribution in [2.75, 3.05) is 6.61 Å². The number of esters is 2. The monoisotopic (exact) mass is 538 g/mol. The maximum atomic E-state index is 12.5. The van der Waals surface area contributed by atoms with Gasteiger partial charge in [-0.15, -0.1) is 0 Å². The van der Waals surface area contributed by atoms with Crippen LogP contribution in [-0.4, -0.2) is 30.8 Å². The summed E-state index contributed by atoms with van der Waals surface area (Å²) in [5, 5.41) is 0. The summed E-state index contributed by atoms with van der Waals surface area (Å²) < 4.78 is 22.2. The predicted octanol–water partition coefficient (Wildman–Crippen LogP) is 8.46. The van der Waals surface area contributed by atoms with E-state index in [1.165, 1.54) is 70.6 Å². The molecule has 1 fully saturated rings. The van der Waals surface area contributed by atoms with E-state index in [9.17, 15) is 9.59 Å². The number of carbonyl (C=O) groups excluding carboxylic acids is 2. The van der Waals surface area contributed by atoms with Crippen LogP contribution in [0.4, 0.5) is 0 Å². The highest BCUT2D eigenvalue weighted by Crippen LogP contribution is 2.30. The minimum Gasteiger partial charge on any atom is -0.494 e. The van der Waals surface area contributed by atoms with E-state index in [4.69, 9.17) is 18.9 Å². The van der Waals surface area contributed by atoms with Gasteiger partial charge in [0.25, 0.3) is 0 Å². The molecule has 214 valence electrons. The van der Waals surface area contributed by atoms with Gasteiger partial charge in [-0.2, -0.15) is 0 Å². The number of benzene rings is 2. The quantitative estimate of drug-likeness (QED) is 0.0728. The second kappa shape index (κ2) is 17.7. The topological polar surface area (TPSA) is 74.4 Å². The first-order valence-corrected chi connectivity index (χ1v) is 15.0. The van der Waals surface area contributed by atoms with E-state index in [2.05, 4.69) is 13.8 Å². The molecule has 1 aliphatic rings. The zero-order valence-electron chi connectivity index (χ0n) is 23.8. The Labute approximate surface area is 234 Å². The fourth-order valence-corrected chi connectivity index (χ4v) is 4.55. The summed E-state index contributed by atoms with van der Waals surface area (Å²) in [4.78, 5) is 24.9. The second-order valence-corrected chi connectivity index (χ2v) is 10.4. The highest BCUT2D eigenvalue weighted by atomic mass is 16.6. The summed E-state index contributed by atoms with van der Waals surface area (Å²) in [5.74, 6) is 0.698. The lowest BCUT2D eigenvalue weighted by Gasteiger charge is -2.08. The average molecular weight is 539 g/mol. The van der Waals surface area contributed by atoms with Crippen LogP contribution in [0.25, 0.3) is 0 Å². The van der Waals surface area contributed by atoms with Crippen LogP contribution >= 0.6 is 0 Å². The van der Waals surface area contributed by atoms with E-state index in [-0.39, 0.29) is 12.1 Å². The molecule has 6 heteroatoms. The van der Waals surface area contributed by atoms with Gasteiger partial charge >= 0.3 is 11.9 Å². The number of ether oxygens (including phenoxy) is 4. The molecule has 0 radical (unpaired) electrons. The largest absolute Gasteiger partial charge is 0.494 e. The molecule has 0 aliphatic carbocycles. The first kappa shape index (κ1) is 30.7. The lowest BCUT2D eigenvalue weighted by atomic mass is 10.1. The Bertz CT molecular complexity index is 969. The molecular weight excluding hydrogens is 492 g/mol. The van der Waals surface area contributed by atoms with Gasteiger partial charge in [-0.3, -0.25) is 0 Å². The van der Waals surface area contributed by atoms with Crippen LogP contribution in [0, 0.1) is 0 Å². The third kappa shape index (κ3) is 11.8. The van der Waals surface area contributed by atoms with E-state index in [0.29, 0.717) is 23.7 Å². The number of hydrogen-bond donors (Lipinski definition) is 0. The molecule has 0 N–H and O–H groups in total. The highest BCUT2D eigenvalue weighted by Gasteiger charge is 2.45. The molecule has 3 rings (SSSR count). The fourth-order valence-electron chi connectivity index (χ4n) is 4.55. The van der Waals surface area contributed by atoms with E-state index in [1.54, 1.807) is 48.5 Å². The SMILES string of the molecule is CCCCCCCCC[C@@H]1O[C@H]1C(=O)Oc1ccc(OC(=O)c2ccc(OCCCCCCCC)cc2)cc1. The number of unbranched alkanes of at least 4 members (excludes halogenated alkanes) is 11. The zero-order valence-corrected chi connectivity index (χ0v) is 23.8. The Kier molecular flexibility index (Phi) is 13.9. The van der Waals surface area contributed by atoms with Gasteiger partial charge in [-0.05, 0) is 61.4 Å². The number of epoxide rings is 1. The van der Waals surface area contributed by atoms with E-state index < -0.39 is 12.1 Å². The molecule has 1 aliphatic heterocycles. The molecule has 6 nitrogen and oxygen atoms in total. The molecule has 2 aromatic rings. The van der Waals surface area contributed by atoms with Crippen molar-refractivity contribution in [2.45, 2.75) is 116 Å². The molecule has 1 heterocycles. The van der Waals surface area contributed by atoms with Crippen LogP contribution in [0.3, 0.4) is 0 Å². The predicted molar refractivity (Wildman–Crippen MR) is 154 cm³/mol. The summed E-state index contributed by atoms with van der Waals surface area (Å²) in [6.45, 7) is 5.12. The second-order valence-electron chi connectivity index (χ2n) is 10.4. The zero-order chi connectivity index (χ0) is 27.7. The molecule has 0 amide bonds. The Balaban J connectivity index is 1.31. The average Bonchev–Trinajstić information content (AvgIpc) is 3.73.